The van der Waals surface area contributed by atoms with E-state index in [1.54, 1.807) is 23.2 Å². The molecular weight excluding hydrogens is 312 g/mol. The maximum Gasteiger partial charge on any atom is 0.317 e. The maximum atomic E-state index is 12.1. The van der Waals surface area contributed by atoms with Crippen LogP contribution in [-0.4, -0.2) is 41.6 Å². The van der Waals surface area contributed by atoms with Gasteiger partial charge in [-0.15, -0.1) is 11.3 Å². The number of carbonyl (C=O) groups is 2. The minimum atomic E-state index is -0.835. The minimum Gasteiger partial charge on any atom is -0.481 e. The van der Waals surface area contributed by atoms with Crippen LogP contribution in [-0.2, 0) is 11.2 Å². The monoisotopic (exact) mass is 332 g/mol. The summed E-state index contributed by atoms with van der Waals surface area (Å²) in [6.45, 7) is 3.03. The number of hydrogen-bond acceptors (Lipinski definition) is 3. The van der Waals surface area contributed by atoms with E-state index in [1.165, 1.54) is 15.0 Å². The van der Waals surface area contributed by atoms with Crippen molar-refractivity contribution in [3.63, 3.8) is 0 Å². The summed E-state index contributed by atoms with van der Waals surface area (Å²) < 4.78 is 1.26. The lowest BCUT2D eigenvalue weighted by Gasteiger charge is -2.20. The lowest BCUT2D eigenvalue weighted by Crippen LogP contribution is -2.41. The van der Waals surface area contributed by atoms with Crippen molar-refractivity contribution in [3.05, 3.63) is 35.2 Å². The number of urea groups is 1. The van der Waals surface area contributed by atoms with Crippen LogP contribution in [0.5, 0.6) is 0 Å². The predicted octanol–water partition coefficient (Wildman–Crippen LogP) is 2.95. The van der Waals surface area contributed by atoms with Gasteiger partial charge in [0.2, 0.25) is 0 Å². The fourth-order valence-corrected chi connectivity index (χ4v) is 3.94. The SMILES string of the molecule is CC1(C(=O)O)CCN(C(=O)NCCc2cc3ccccc3s2)C1. The molecule has 2 amide bonds. The molecule has 0 spiro atoms. The number of hydrogen-bond donors (Lipinski definition) is 2. The van der Waals surface area contributed by atoms with Crippen molar-refractivity contribution in [3.8, 4) is 0 Å². The molecule has 1 aromatic heterocycles. The number of nitrogens with one attached hydrogen (secondary N) is 1. The molecule has 0 saturated carbocycles. The van der Waals surface area contributed by atoms with Crippen LogP contribution in [0.15, 0.2) is 30.3 Å². The molecule has 6 heteroatoms. The topological polar surface area (TPSA) is 69.6 Å². The van der Waals surface area contributed by atoms with Gasteiger partial charge in [-0.1, -0.05) is 18.2 Å². The lowest BCUT2D eigenvalue weighted by molar-refractivity contribution is -0.146. The average Bonchev–Trinajstić information content (AvgIpc) is 3.11. The van der Waals surface area contributed by atoms with Gasteiger partial charge in [-0.05, 0) is 37.3 Å². The molecule has 1 unspecified atom stereocenters. The summed E-state index contributed by atoms with van der Waals surface area (Å²) in [5.74, 6) is -0.835. The summed E-state index contributed by atoms with van der Waals surface area (Å²) in [5.41, 5.74) is -0.817. The zero-order valence-corrected chi connectivity index (χ0v) is 13.9. The number of carboxylic acids is 1. The highest BCUT2D eigenvalue weighted by Gasteiger charge is 2.42. The predicted molar refractivity (Wildman–Crippen MR) is 90.9 cm³/mol. The van der Waals surface area contributed by atoms with Crippen molar-refractivity contribution in [1.82, 2.24) is 10.2 Å². The highest BCUT2D eigenvalue weighted by atomic mass is 32.1. The van der Waals surface area contributed by atoms with E-state index < -0.39 is 11.4 Å². The molecule has 1 aliphatic rings. The van der Waals surface area contributed by atoms with Crippen molar-refractivity contribution in [2.75, 3.05) is 19.6 Å². The second-order valence-electron chi connectivity index (χ2n) is 6.27. The van der Waals surface area contributed by atoms with E-state index >= 15 is 0 Å². The van der Waals surface area contributed by atoms with Crippen LogP contribution in [0.4, 0.5) is 4.79 Å². The molecule has 2 heterocycles. The molecule has 1 saturated heterocycles. The van der Waals surface area contributed by atoms with E-state index in [0.29, 0.717) is 19.5 Å². The van der Waals surface area contributed by atoms with Gasteiger partial charge in [-0.3, -0.25) is 4.79 Å². The van der Waals surface area contributed by atoms with Gasteiger partial charge >= 0.3 is 12.0 Å². The molecule has 0 radical (unpaired) electrons. The Labute approximate surface area is 138 Å². The Kier molecular flexibility index (Phi) is 4.26. The van der Waals surface area contributed by atoms with Crippen molar-refractivity contribution in [2.24, 2.45) is 5.41 Å². The van der Waals surface area contributed by atoms with Crippen LogP contribution in [0.3, 0.4) is 0 Å². The summed E-state index contributed by atoms with van der Waals surface area (Å²) in [7, 11) is 0. The normalized spacial score (nSPS) is 20.8. The van der Waals surface area contributed by atoms with E-state index in [4.69, 9.17) is 0 Å². The fraction of sp³-hybridized carbons (Fsp3) is 0.412. The zero-order valence-electron chi connectivity index (χ0n) is 13.0. The third-order valence-corrected chi connectivity index (χ3v) is 5.58. The van der Waals surface area contributed by atoms with Gasteiger partial charge in [0.05, 0.1) is 5.41 Å². The van der Waals surface area contributed by atoms with Crippen LogP contribution in [0.1, 0.15) is 18.2 Å². The fourth-order valence-electron chi connectivity index (χ4n) is 2.87. The molecular formula is C17H20N2O3S. The van der Waals surface area contributed by atoms with Gasteiger partial charge in [0.25, 0.3) is 0 Å². The van der Waals surface area contributed by atoms with E-state index in [0.717, 1.165) is 6.42 Å². The Morgan fingerprint density at radius 2 is 2.17 bits per heavy atom. The third-order valence-electron chi connectivity index (χ3n) is 4.40. The quantitative estimate of drug-likeness (QED) is 0.904. The van der Waals surface area contributed by atoms with Gasteiger partial charge in [-0.25, -0.2) is 4.79 Å². The van der Waals surface area contributed by atoms with E-state index in [1.807, 2.05) is 12.1 Å². The number of thiophene rings is 1. The molecule has 23 heavy (non-hydrogen) atoms. The number of rotatable bonds is 4. The number of aliphatic carboxylic acids is 1. The summed E-state index contributed by atoms with van der Waals surface area (Å²) in [4.78, 5) is 26.2. The van der Waals surface area contributed by atoms with Crippen molar-refractivity contribution >= 4 is 33.4 Å². The van der Waals surface area contributed by atoms with Gasteiger partial charge < -0.3 is 15.3 Å². The number of carboxylic acid groups (broad SMARTS) is 1. The minimum absolute atomic E-state index is 0.170. The van der Waals surface area contributed by atoms with Crippen molar-refractivity contribution in [1.29, 1.82) is 0 Å². The van der Waals surface area contributed by atoms with E-state index in [9.17, 15) is 14.7 Å². The Morgan fingerprint density at radius 1 is 1.39 bits per heavy atom. The largest absolute Gasteiger partial charge is 0.481 e. The second kappa shape index (κ2) is 6.20. The summed E-state index contributed by atoms with van der Waals surface area (Å²) in [6, 6.07) is 10.2. The Bertz CT molecular complexity index is 709. The van der Waals surface area contributed by atoms with Crippen LogP contribution >= 0.6 is 11.3 Å². The Morgan fingerprint density at radius 3 is 2.87 bits per heavy atom. The number of fused-ring (bicyclic) bond motifs is 1. The molecule has 1 aromatic carbocycles. The first-order valence-corrected chi connectivity index (χ1v) is 8.53. The van der Waals surface area contributed by atoms with Crippen molar-refractivity contribution in [2.45, 2.75) is 19.8 Å². The van der Waals surface area contributed by atoms with Crippen LogP contribution < -0.4 is 5.32 Å². The standard InChI is InChI=1S/C17H20N2O3S/c1-17(15(20)21)7-9-19(11-17)16(22)18-8-6-13-10-12-4-2-3-5-14(12)23-13/h2-5,10H,6-9,11H2,1H3,(H,18,22)(H,20,21). The molecule has 1 aliphatic heterocycles. The molecule has 3 rings (SSSR count). The Balaban J connectivity index is 1.51. The molecule has 1 atom stereocenters. The zero-order chi connectivity index (χ0) is 16.4. The number of likely N-dealkylation sites (tertiary alicyclic amines) is 1. The molecule has 5 nitrogen and oxygen atoms in total. The highest BCUT2D eigenvalue weighted by molar-refractivity contribution is 7.19. The lowest BCUT2D eigenvalue weighted by atomic mass is 9.90. The highest BCUT2D eigenvalue weighted by Crippen LogP contribution is 2.30. The summed E-state index contributed by atoms with van der Waals surface area (Å²) in [6.07, 6.45) is 1.29. The molecule has 2 aromatic rings. The smallest absolute Gasteiger partial charge is 0.317 e. The average molecular weight is 332 g/mol. The molecule has 0 bridgehead atoms. The number of carbonyl (C=O) groups excluding carboxylic acids is 1. The molecule has 0 aliphatic carbocycles. The summed E-state index contributed by atoms with van der Waals surface area (Å²) >= 11 is 1.74. The first-order chi connectivity index (χ1) is 11.0. The third kappa shape index (κ3) is 3.32. The van der Waals surface area contributed by atoms with Crippen molar-refractivity contribution < 1.29 is 14.7 Å². The van der Waals surface area contributed by atoms with Gasteiger partial charge in [0, 0.05) is 29.2 Å². The number of amides is 2. The van der Waals surface area contributed by atoms with Crippen LogP contribution in [0.2, 0.25) is 0 Å². The van der Waals surface area contributed by atoms with Gasteiger partial charge in [-0.2, -0.15) is 0 Å². The second-order valence-corrected chi connectivity index (χ2v) is 7.44. The van der Waals surface area contributed by atoms with E-state index in [2.05, 4.69) is 23.5 Å². The maximum absolute atomic E-state index is 12.1. The number of nitrogens with zero attached hydrogens (tertiary/aromatic N) is 1. The molecule has 2 N–H and O–H groups in total. The van der Waals surface area contributed by atoms with E-state index in [-0.39, 0.29) is 12.6 Å². The first-order valence-electron chi connectivity index (χ1n) is 7.72. The summed E-state index contributed by atoms with van der Waals surface area (Å²) in [5, 5.41) is 13.3. The van der Waals surface area contributed by atoms with Crippen LogP contribution in [0, 0.1) is 5.41 Å². The van der Waals surface area contributed by atoms with Gasteiger partial charge in [0.1, 0.15) is 0 Å². The first kappa shape index (κ1) is 15.8. The molecule has 122 valence electrons. The number of benzene rings is 1. The molecule has 1 fully saturated rings. The Hall–Kier alpha value is -2.08. The van der Waals surface area contributed by atoms with Gasteiger partial charge in [0.15, 0.2) is 0 Å². The van der Waals surface area contributed by atoms with Crippen LogP contribution in [0.25, 0.3) is 10.1 Å².